The van der Waals surface area contributed by atoms with Crippen molar-refractivity contribution in [2.24, 2.45) is 5.92 Å². The van der Waals surface area contributed by atoms with E-state index < -0.39 is 0 Å². The van der Waals surface area contributed by atoms with Crippen LogP contribution in [-0.2, 0) is 0 Å². The first-order valence-corrected chi connectivity index (χ1v) is 6.91. The molecule has 0 aromatic heterocycles. The van der Waals surface area contributed by atoms with Gasteiger partial charge in [0.2, 0.25) is 0 Å². The maximum absolute atomic E-state index is 3.56. The smallest absolute Gasteiger partial charge is 0.00785 e. The van der Waals surface area contributed by atoms with Crippen molar-refractivity contribution in [1.82, 2.24) is 10.2 Å². The molecule has 0 spiro atoms. The Hall–Kier alpha value is -0.0800. The predicted molar refractivity (Wildman–Crippen MR) is 73.9 cm³/mol. The highest BCUT2D eigenvalue weighted by molar-refractivity contribution is 4.71. The minimum atomic E-state index is 0.636. The van der Waals surface area contributed by atoms with Gasteiger partial charge in [-0.1, -0.05) is 20.8 Å². The summed E-state index contributed by atoms with van der Waals surface area (Å²) >= 11 is 0. The van der Waals surface area contributed by atoms with Crippen LogP contribution in [0.5, 0.6) is 0 Å². The molecule has 2 nitrogen and oxygen atoms in total. The van der Waals surface area contributed by atoms with Crippen LogP contribution in [0.3, 0.4) is 0 Å². The van der Waals surface area contributed by atoms with Crippen LogP contribution in [0.1, 0.15) is 53.9 Å². The van der Waals surface area contributed by atoms with Crippen molar-refractivity contribution in [2.75, 3.05) is 20.1 Å². The van der Waals surface area contributed by atoms with Gasteiger partial charge in [-0.15, -0.1) is 0 Å². The molecule has 0 rings (SSSR count). The zero-order valence-electron chi connectivity index (χ0n) is 12.2. The first-order chi connectivity index (χ1) is 7.47. The number of nitrogens with zero attached hydrogens (tertiary/aromatic N) is 1. The second-order valence-electron chi connectivity index (χ2n) is 5.60. The normalized spacial score (nSPS) is 15.8. The first-order valence-electron chi connectivity index (χ1n) is 6.91. The van der Waals surface area contributed by atoms with E-state index in [0.29, 0.717) is 12.1 Å². The molecule has 0 aliphatic heterocycles. The number of nitrogens with one attached hydrogen (secondary N) is 1. The Morgan fingerprint density at radius 2 is 1.75 bits per heavy atom. The van der Waals surface area contributed by atoms with Gasteiger partial charge in [-0.25, -0.2) is 0 Å². The summed E-state index contributed by atoms with van der Waals surface area (Å²) in [4.78, 5) is 2.49. The van der Waals surface area contributed by atoms with Gasteiger partial charge in [0, 0.05) is 12.1 Å². The quantitative estimate of drug-likeness (QED) is 0.652. The van der Waals surface area contributed by atoms with Crippen molar-refractivity contribution >= 4 is 0 Å². The molecule has 0 aliphatic carbocycles. The largest absolute Gasteiger partial charge is 0.314 e. The summed E-state index contributed by atoms with van der Waals surface area (Å²) in [6.07, 6.45) is 3.77. The highest BCUT2D eigenvalue weighted by atomic mass is 15.1. The van der Waals surface area contributed by atoms with Crippen molar-refractivity contribution in [3.8, 4) is 0 Å². The predicted octanol–water partition coefficient (Wildman–Crippen LogP) is 3.13. The van der Waals surface area contributed by atoms with Crippen LogP contribution < -0.4 is 5.32 Å². The molecule has 1 N–H and O–H groups in total. The molecular formula is C14H32N2. The van der Waals surface area contributed by atoms with Crippen molar-refractivity contribution in [2.45, 2.75) is 66.0 Å². The van der Waals surface area contributed by atoms with Crippen molar-refractivity contribution in [3.63, 3.8) is 0 Å². The molecule has 2 unspecified atom stereocenters. The van der Waals surface area contributed by atoms with E-state index in [0.717, 1.165) is 12.5 Å². The zero-order chi connectivity index (χ0) is 12.6. The van der Waals surface area contributed by atoms with Gasteiger partial charge in [0.1, 0.15) is 0 Å². The lowest BCUT2D eigenvalue weighted by Crippen LogP contribution is -2.37. The summed E-state index contributed by atoms with van der Waals surface area (Å²) in [5.74, 6) is 0.810. The Balaban J connectivity index is 3.72. The topological polar surface area (TPSA) is 15.3 Å². The molecule has 0 radical (unpaired) electrons. The van der Waals surface area contributed by atoms with Crippen molar-refractivity contribution in [3.05, 3.63) is 0 Å². The van der Waals surface area contributed by atoms with Crippen LogP contribution in [0.2, 0.25) is 0 Å². The van der Waals surface area contributed by atoms with Gasteiger partial charge in [-0.2, -0.15) is 0 Å². The van der Waals surface area contributed by atoms with Crippen LogP contribution in [0.15, 0.2) is 0 Å². The number of hydrogen-bond acceptors (Lipinski definition) is 2. The molecule has 0 amide bonds. The second kappa shape index (κ2) is 9.00. The number of rotatable bonds is 9. The molecule has 0 bridgehead atoms. The monoisotopic (exact) mass is 228 g/mol. The lowest BCUT2D eigenvalue weighted by atomic mass is 10.1. The molecule has 0 aromatic rings. The fourth-order valence-corrected chi connectivity index (χ4v) is 1.85. The number of hydrogen-bond donors (Lipinski definition) is 1. The van der Waals surface area contributed by atoms with Gasteiger partial charge in [-0.05, 0) is 59.2 Å². The molecule has 2 atom stereocenters. The van der Waals surface area contributed by atoms with Crippen molar-refractivity contribution in [1.29, 1.82) is 0 Å². The fourth-order valence-electron chi connectivity index (χ4n) is 1.85. The standard InChI is InChI=1S/C14H32N2/c1-7-9-15-13(4)11-14(5)16(6)10-8-12(2)3/h12-15H,7-11H2,1-6H3. The molecule has 16 heavy (non-hydrogen) atoms. The summed E-state index contributed by atoms with van der Waals surface area (Å²) in [6.45, 7) is 13.8. The van der Waals surface area contributed by atoms with Gasteiger partial charge >= 0.3 is 0 Å². The molecular weight excluding hydrogens is 196 g/mol. The summed E-state index contributed by atoms with van der Waals surface area (Å²) in [6, 6.07) is 1.31. The third kappa shape index (κ3) is 8.12. The van der Waals surface area contributed by atoms with E-state index in [1.165, 1.54) is 25.8 Å². The van der Waals surface area contributed by atoms with E-state index in [2.05, 4.69) is 51.9 Å². The Kier molecular flexibility index (Phi) is 8.96. The maximum atomic E-state index is 3.56. The third-order valence-corrected chi connectivity index (χ3v) is 3.25. The van der Waals surface area contributed by atoms with Gasteiger partial charge < -0.3 is 10.2 Å². The summed E-state index contributed by atoms with van der Waals surface area (Å²) < 4.78 is 0. The Labute approximate surface area is 103 Å². The molecule has 0 heterocycles. The summed E-state index contributed by atoms with van der Waals surface area (Å²) in [5, 5.41) is 3.56. The van der Waals surface area contributed by atoms with Crippen LogP contribution in [0.25, 0.3) is 0 Å². The highest BCUT2D eigenvalue weighted by Gasteiger charge is 2.12. The fraction of sp³-hybridized carbons (Fsp3) is 1.00. The SMILES string of the molecule is CCCNC(C)CC(C)N(C)CCC(C)C. The van der Waals surface area contributed by atoms with Crippen molar-refractivity contribution < 1.29 is 0 Å². The van der Waals surface area contributed by atoms with Crippen LogP contribution in [-0.4, -0.2) is 37.1 Å². The molecule has 2 heteroatoms. The lowest BCUT2D eigenvalue weighted by molar-refractivity contribution is 0.219. The lowest BCUT2D eigenvalue weighted by Gasteiger charge is -2.28. The van der Waals surface area contributed by atoms with E-state index in [-0.39, 0.29) is 0 Å². The molecule has 98 valence electrons. The molecule has 0 fully saturated rings. The zero-order valence-corrected chi connectivity index (χ0v) is 12.2. The molecule has 0 aromatic carbocycles. The van der Waals surface area contributed by atoms with Crippen LogP contribution in [0.4, 0.5) is 0 Å². The Morgan fingerprint density at radius 3 is 2.25 bits per heavy atom. The first kappa shape index (κ1) is 15.9. The van der Waals surface area contributed by atoms with E-state index in [1.54, 1.807) is 0 Å². The Bertz CT molecular complexity index is 157. The van der Waals surface area contributed by atoms with Crippen LogP contribution in [0, 0.1) is 5.92 Å². The minimum absolute atomic E-state index is 0.636. The van der Waals surface area contributed by atoms with E-state index in [1.807, 2.05) is 0 Å². The van der Waals surface area contributed by atoms with Gasteiger partial charge in [0.05, 0.1) is 0 Å². The summed E-state index contributed by atoms with van der Waals surface area (Å²) in [7, 11) is 2.25. The summed E-state index contributed by atoms with van der Waals surface area (Å²) in [5.41, 5.74) is 0. The van der Waals surface area contributed by atoms with E-state index in [9.17, 15) is 0 Å². The van der Waals surface area contributed by atoms with E-state index >= 15 is 0 Å². The second-order valence-corrected chi connectivity index (χ2v) is 5.60. The molecule has 0 saturated carbocycles. The average molecular weight is 228 g/mol. The van der Waals surface area contributed by atoms with E-state index in [4.69, 9.17) is 0 Å². The molecule has 0 saturated heterocycles. The average Bonchev–Trinajstić information content (AvgIpc) is 2.22. The van der Waals surface area contributed by atoms with Gasteiger partial charge in [0.25, 0.3) is 0 Å². The molecule has 0 aliphatic rings. The van der Waals surface area contributed by atoms with Gasteiger partial charge in [0.15, 0.2) is 0 Å². The Morgan fingerprint density at radius 1 is 1.12 bits per heavy atom. The van der Waals surface area contributed by atoms with Crippen LogP contribution >= 0.6 is 0 Å². The highest BCUT2D eigenvalue weighted by Crippen LogP contribution is 2.08. The minimum Gasteiger partial charge on any atom is -0.314 e. The third-order valence-electron chi connectivity index (χ3n) is 3.25. The van der Waals surface area contributed by atoms with Gasteiger partial charge in [-0.3, -0.25) is 0 Å². The maximum Gasteiger partial charge on any atom is 0.00785 e.